The normalized spacial score (nSPS) is 14.4. The smallest absolute Gasteiger partial charge is 0.352 e. The van der Waals surface area contributed by atoms with Crippen LogP contribution in [0.4, 0.5) is 10.2 Å². The molecule has 0 amide bonds. The van der Waals surface area contributed by atoms with Gasteiger partial charge < -0.3 is 18.6 Å². The molecule has 4 heterocycles. The van der Waals surface area contributed by atoms with Crippen molar-refractivity contribution < 1.29 is 22.9 Å². The van der Waals surface area contributed by atoms with Crippen molar-refractivity contribution in [3.8, 4) is 6.07 Å². The van der Waals surface area contributed by atoms with Gasteiger partial charge in [-0.3, -0.25) is 0 Å². The zero-order valence-electron chi connectivity index (χ0n) is 19.1. The number of ether oxygens (including phenoxy) is 1. The summed E-state index contributed by atoms with van der Waals surface area (Å²) in [7, 11) is 0. The minimum atomic E-state index is -0.841. The summed E-state index contributed by atoms with van der Waals surface area (Å²) in [5, 5.41) is 15.3. The Morgan fingerprint density at radius 3 is 2.77 bits per heavy atom. The first-order valence-corrected chi connectivity index (χ1v) is 11.3. The Balaban J connectivity index is 1.46. The number of benzene rings is 1. The van der Waals surface area contributed by atoms with Crippen molar-refractivity contribution in [2.75, 3.05) is 24.6 Å². The van der Waals surface area contributed by atoms with Gasteiger partial charge in [-0.1, -0.05) is 5.16 Å². The van der Waals surface area contributed by atoms with Crippen molar-refractivity contribution in [3.05, 3.63) is 62.9 Å². The molecule has 1 aromatic carbocycles. The summed E-state index contributed by atoms with van der Waals surface area (Å²) in [6.45, 7) is 4.65. The third-order valence-electron chi connectivity index (χ3n) is 6.39. The lowest BCUT2D eigenvalue weighted by atomic mass is 9.91. The van der Waals surface area contributed by atoms with Gasteiger partial charge in [0.1, 0.15) is 17.4 Å². The van der Waals surface area contributed by atoms with Crippen LogP contribution in [0.5, 0.6) is 0 Å². The van der Waals surface area contributed by atoms with Crippen molar-refractivity contribution in [3.63, 3.8) is 0 Å². The highest BCUT2D eigenvalue weighted by atomic mass is 19.1. The summed E-state index contributed by atoms with van der Waals surface area (Å²) in [6.07, 6.45) is 1.43. The van der Waals surface area contributed by atoms with Crippen molar-refractivity contribution >= 4 is 33.9 Å². The molecule has 0 aliphatic carbocycles. The first-order valence-electron chi connectivity index (χ1n) is 11.3. The topological polar surface area (TPSA) is 122 Å². The van der Waals surface area contributed by atoms with Crippen LogP contribution < -0.4 is 10.5 Å². The molecular formula is C25H21FN4O5. The quantitative estimate of drug-likeness (QED) is 0.399. The number of halogens is 1. The van der Waals surface area contributed by atoms with Gasteiger partial charge in [0.15, 0.2) is 11.4 Å². The number of aromatic nitrogens is 2. The molecule has 0 saturated carbocycles. The number of anilines is 1. The zero-order valence-corrected chi connectivity index (χ0v) is 19.1. The summed E-state index contributed by atoms with van der Waals surface area (Å²) in [6, 6.07) is 7.97. The van der Waals surface area contributed by atoms with E-state index in [2.05, 4.69) is 16.2 Å². The van der Waals surface area contributed by atoms with Gasteiger partial charge in [0, 0.05) is 35.8 Å². The second kappa shape index (κ2) is 8.83. The fourth-order valence-corrected chi connectivity index (χ4v) is 4.57. The monoisotopic (exact) mass is 476 g/mol. The molecular weight excluding hydrogens is 455 g/mol. The number of nitrogens with zero attached hydrogens (tertiary/aromatic N) is 4. The maximum Gasteiger partial charge on any atom is 0.352 e. The van der Waals surface area contributed by atoms with E-state index >= 15 is 0 Å². The third kappa shape index (κ3) is 3.89. The van der Waals surface area contributed by atoms with Crippen LogP contribution in [0, 0.1) is 24.1 Å². The Labute approximate surface area is 198 Å². The minimum Gasteiger partial charge on any atom is -0.462 e. The summed E-state index contributed by atoms with van der Waals surface area (Å²) in [5.74, 6) is -0.627. The van der Waals surface area contributed by atoms with Gasteiger partial charge >= 0.3 is 11.6 Å². The van der Waals surface area contributed by atoms with Gasteiger partial charge in [-0.05, 0) is 50.5 Å². The number of aryl methyl sites for hydroxylation is 1. The Bertz CT molecular complexity index is 1560. The maximum atomic E-state index is 13.5. The van der Waals surface area contributed by atoms with Crippen molar-refractivity contribution in [2.45, 2.75) is 32.6 Å². The predicted octanol–water partition coefficient (Wildman–Crippen LogP) is 4.21. The SMILES string of the molecule is CCOC(=O)c1cc2c(C)c(C#N)c(N3CCC(c4noc5cc(F)ccc45)CC3)nc2oc1=O. The molecule has 10 heteroatoms. The predicted molar refractivity (Wildman–Crippen MR) is 124 cm³/mol. The molecule has 1 fully saturated rings. The Morgan fingerprint density at radius 2 is 2.06 bits per heavy atom. The first-order chi connectivity index (χ1) is 16.9. The number of pyridine rings is 1. The van der Waals surface area contributed by atoms with Gasteiger partial charge in [-0.15, -0.1) is 0 Å². The van der Waals surface area contributed by atoms with Crippen LogP contribution in [0.15, 0.2) is 38.0 Å². The van der Waals surface area contributed by atoms with E-state index in [-0.39, 0.29) is 29.6 Å². The Hall–Kier alpha value is -4.26. The summed E-state index contributed by atoms with van der Waals surface area (Å²) in [5.41, 5.74) is 1.10. The maximum absolute atomic E-state index is 13.5. The summed E-state index contributed by atoms with van der Waals surface area (Å²) < 4.78 is 29.1. The standard InChI is InChI=1S/C25H21FN4O5/c1-3-33-24(31)18-11-17-13(2)19(12-27)22(28-23(17)34-25(18)32)30-8-6-14(7-9-30)21-16-5-4-15(26)10-20(16)35-29-21/h4-5,10-11,14H,3,6-9H2,1-2H3. The minimum absolute atomic E-state index is 0.0567. The molecule has 35 heavy (non-hydrogen) atoms. The molecule has 0 radical (unpaired) electrons. The lowest BCUT2D eigenvalue weighted by Gasteiger charge is -2.32. The zero-order chi connectivity index (χ0) is 24.7. The Morgan fingerprint density at radius 1 is 1.29 bits per heavy atom. The number of fused-ring (bicyclic) bond motifs is 2. The van der Waals surface area contributed by atoms with E-state index in [0.717, 1.165) is 11.1 Å². The molecule has 1 aliphatic heterocycles. The molecule has 0 spiro atoms. The number of carbonyl (C=O) groups excluding carboxylic acids is 1. The van der Waals surface area contributed by atoms with Crippen molar-refractivity contribution in [1.82, 2.24) is 10.1 Å². The number of rotatable bonds is 4. The van der Waals surface area contributed by atoms with Gasteiger partial charge in [0.05, 0.1) is 17.9 Å². The largest absolute Gasteiger partial charge is 0.462 e. The van der Waals surface area contributed by atoms with E-state index in [1.165, 1.54) is 18.2 Å². The fraction of sp³-hybridized carbons (Fsp3) is 0.320. The first kappa shape index (κ1) is 22.5. The third-order valence-corrected chi connectivity index (χ3v) is 6.39. The summed E-state index contributed by atoms with van der Waals surface area (Å²) in [4.78, 5) is 31.0. The van der Waals surface area contributed by atoms with Crippen LogP contribution in [0.3, 0.4) is 0 Å². The molecule has 5 rings (SSSR count). The average molecular weight is 476 g/mol. The van der Waals surface area contributed by atoms with E-state index in [1.54, 1.807) is 19.9 Å². The molecule has 0 unspecified atom stereocenters. The average Bonchev–Trinajstić information content (AvgIpc) is 3.27. The molecule has 1 saturated heterocycles. The highest BCUT2D eigenvalue weighted by Gasteiger charge is 2.28. The van der Waals surface area contributed by atoms with Crippen molar-refractivity contribution in [1.29, 1.82) is 5.26 Å². The van der Waals surface area contributed by atoms with E-state index in [0.29, 0.717) is 53.8 Å². The number of piperidine rings is 1. The van der Waals surface area contributed by atoms with E-state index in [9.17, 15) is 19.2 Å². The number of esters is 1. The van der Waals surface area contributed by atoms with Gasteiger partial charge in [0.2, 0.25) is 5.71 Å². The molecule has 178 valence electrons. The van der Waals surface area contributed by atoms with Crippen LogP contribution >= 0.6 is 0 Å². The van der Waals surface area contributed by atoms with Gasteiger partial charge in [0.25, 0.3) is 0 Å². The number of carbonyl (C=O) groups is 1. The highest BCUT2D eigenvalue weighted by Crippen LogP contribution is 2.36. The lowest BCUT2D eigenvalue weighted by molar-refractivity contribution is 0.0521. The molecule has 1 aliphatic rings. The Kier molecular flexibility index (Phi) is 5.68. The van der Waals surface area contributed by atoms with Crippen LogP contribution in [-0.2, 0) is 4.74 Å². The molecule has 0 bridgehead atoms. The molecule has 4 aromatic rings. The molecule has 0 atom stereocenters. The fourth-order valence-electron chi connectivity index (χ4n) is 4.57. The van der Waals surface area contributed by atoms with Crippen LogP contribution in [0.1, 0.15) is 52.9 Å². The highest BCUT2D eigenvalue weighted by molar-refractivity contribution is 5.94. The lowest BCUT2D eigenvalue weighted by Crippen LogP contribution is -2.34. The van der Waals surface area contributed by atoms with Crippen LogP contribution in [0.2, 0.25) is 0 Å². The number of nitriles is 1. The number of hydrogen-bond acceptors (Lipinski definition) is 9. The van der Waals surface area contributed by atoms with E-state index < -0.39 is 11.6 Å². The van der Waals surface area contributed by atoms with E-state index in [1.807, 2.05) is 4.90 Å². The molecule has 0 N–H and O–H groups in total. The molecule has 3 aromatic heterocycles. The van der Waals surface area contributed by atoms with Gasteiger partial charge in [-0.2, -0.15) is 10.2 Å². The van der Waals surface area contributed by atoms with Crippen LogP contribution in [0.25, 0.3) is 22.1 Å². The molecule has 9 nitrogen and oxygen atoms in total. The summed E-state index contributed by atoms with van der Waals surface area (Å²) >= 11 is 0. The van der Waals surface area contributed by atoms with Gasteiger partial charge in [-0.25, -0.2) is 14.0 Å². The number of hydrogen-bond donors (Lipinski definition) is 0. The van der Waals surface area contributed by atoms with E-state index in [4.69, 9.17) is 13.7 Å². The van der Waals surface area contributed by atoms with Crippen LogP contribution in [-0.4, -0.2) is 35.8 Å². The second-order valence-corrected chi connectivity index (χ2v) is 8.40. The second-order valence-electron chi connectivity index (χ2n) is 8.40. The van der Waals surface area contributed by atoms with Crippen molar-refractivity contribution in [2.24, 2.45) is 0 Å².